The molecule has 0 aliphatic heterocycles. The first-order valence-electron chi connectivity index (χ1n) is 5.21. The second-order valence-corrected chi connectivity index (χ2v) is 3.79. The quantitative estimate of drug-likeness (QED) is 0.806. The maximum absolute atomic E-state index is 9.30. The Labute approximate surface area is 93.5 Å². The maximum atomic E-state index is 9.30. The SMILES string of the molecule is CC(O)c1cn(CCc2nccn2C)nn1. The molecular formula is C10H15N5O. The molecule has 0 amide bonds. The Morgan fingerprint density at radius 3 is 2.88 bits per heavy atom. The summed E-state index contributed by atoms with van der Waals surface area (Å²) in [7, 11) is 1.96. The molecule has 2 heterocycles. The Kier molecular flexibility index (Phi) is 3.00. The first-order chi connectivity index (χ1) is 7.66. The van der Waals surface area contributed by atoms with Crippen LogP contribution in [0.1, 0.15) is 24.5 Å². The fourth-order valence-corrected chi connectivity index (χ4v) is 1.47. The number of aliphatic hydroxyl groups is 1. The van der Waals surface area contributed by atoms with Gasteiger partial charge in [-0.2, -0.15) is 0 Å². The van der Waals surface area contributed by atoms with Crippen molar-refractivity contribution < 1.29 is 5.11 Å². The van der Waals surface area contributed by atoms with Crippen LogP contribution < -0.4 is 0 Å². The Bertz CT molecular complexity index is 459. The molecule has 0 aliphatic carbocycles. The molecule has 0 aliphatic rings. The van der Waals surface area contributed by atoms with Crippen LogP contribution in [-0.2, 0) is 20.0 Å². The minimum atomic E-state index is -0.568. The summed E-state index contributed by atoms with van der Waals surface area (Å²) in [6.07, 6.45) is 5.68. The molecule has 0 radical (unpaired) electrons. The first kappa shape index (κ1) is 10.8. The third-order valence-corrected chi connectivity index (χ3v) is 2.47. The predicted molar refractivity (Wildman–Crippen MR) is 57.6 cm³/mol. The van der Waals surface area contributed by atoms with E-state index < -0.39 is 6.10 Å². The van der Waals surface area contributed by atoms with E-state index in [4.69, 9.17) is 0 Å². The van der Waals surface area contributed by atoms with Gasteiger partial charge in [0.15, 0.2) is 0 Å². The van der Waals surface area contributed by atoms with E-state index >= 15 is 0 Å². The predicted octanol–water partition coefficient (Wildman–Crippen LogP) is 0.308. The highest BCUT2D eigenvalue weighted by molar-refractivity contribution is 4.96. The van der Waals surface area contributed by atoms with Gasteiger partial charge in [0.1, 0.15) is 11.5 Å². The molecule has 6 nitrogen and oxygen atoms in total. The Morgan fingerprint density at radius 2 is 2.31 bits per heavy atom. The van der Waals surface area contributed by atoms with Crippen molar-refractivity contribution in [2.75, 3.05) is 0 Å². The summed E-state index contributed by atoms with van der Waals surface area (Å²) < 4.78 is 3.70. The average Bonchev–Trinajstić information content (AvgIpc) is 2.83. The van der Waals surface area contributed by atoms with Crippen molar-refractivity contribution in [3.8, 4) is 0 Å². The van der Waals surface area contributed by atoms with Crippen LogP contribution in [0.4, 0.5) is 0 Å². The van der Waals surface area contributed by atoms with E-state index in [9.17, 15) is 5.11 Å². The van der Waals surface area contributed by atoms with Crippen LogP contribution in [0.5, 0.6) is 0 Å². The Hall–Kier alpha value is -1.69. The standard InChI is InChI=1S/C10H15N5O/c1-8(16)9-7-15(13-12-9)5-3-10-11-4-6-14(10)2/h4,6-8,16H,3,5H2,1-2H3. The Morgan fingerprint density at radius 1 is 1.50 bits per heavy atom. The summed E-state index contributed by atoms with van der Waals surface area (Å²) >= 11 is 0. The Balaban J connectivity index is 1.97. The van der Waals surface area contributed by atoms with Crippen LogP contribution in [0.15, 0.2) is 18.6 Å². The van der Waals surface area contributed by atoms with E-state index in [0.717, 1.165) is 12.2 Å². The van der Waals surface area contributed by atoms with Gasteiger partial charge in [-0.15, -0.1) is 5.10 Å². The first-order valence-corrected chi connectivity index (χ1v) is 5.21. The van der Waals surface area contributed by atoms with Gasteiger partial charge in [-0.3, -0.25) is 4.68 Å². The maximum Gasteiger partial charge on any atom is 0.111 e. The lowest BCUT2D eigenvalue weighted by molar-refractivity contribution is 0.194. The normalized spacial score (nSPS) is 12.9. The summed E-state index contributed by atoms with van der Waals surface area (Å²) in [4.78, 5) is 4.22. The number of aliphatic hydroxyl groups excluding tert-OH is 1. The minimum absolute atomic E-state index is 0.568. The van der Waals surface area contributed by atoms with Gasteiger partial charge in [-0.05, 0) is 6.92 Å². The van der Waals surface area contributed by atoms with Gasteiger partial charge in [0.05, 0.1) is 12.3 Å². The number of aromatic nitrogens is 5. The number of nitrogens with zero attached hydrogens (tertiary/aromatic N) is 5. The second-order valence-electron chi connectivity index (χ2n) is 3.79. The van der Waals surface area contributed by atoms with Gasteiger partial charge in [0.25, 0.3) is 0 Å². The van der Waals surface area contributed by atoms with E-state index in [2.05, 4.69) is 15.3 Å². The van der Waals surface area contributed by atoms with Crippen LogP contribution in [0.25, 0.3) is 0 Å². The molecule has 2 aromatic heterocycles. The van der Waals surface area contributed by atoms with Crippen molar-refractivity contribution in [3.63, 3.8) is 0 Å². The highest BCUT2D eigenvalue weighted by Crippen LogP contribution is 2.06. The summed E-state index contributed by atoms with van der Waals surface area (Å²) in [5.74, 6) is 1.01. The summed E-state index contributed by atoms with van der Waals surface area (Å²) in [5.41, 5.74) is 0.597. The highest BCUT2D eigenvalue weighted by Gasteiger charge is 2.06. The molecule has 1 N–H and O–H groups in total. The molecule has 0 aromatic carbocycles. The van der Waals surface area contributed by atoms with E-state index in [1.807, 2.05) is 17.8 Å². The fraction of sp³-hybridized carbons (Fsp3) is 0.500. The molecule has 6 heteroatoms. The number of hydrogen-bond donors (Lipinski definition) is 1. The molecule has 0 fully saturated rings. The lowest BCUT2D eigenvalue weighted by Crippen LogP contribution is -2.06. The van der Waals surface area contributed by atoms with Crippen LogP contribution in [-0.4, -0.2) is 29.7 Å². The van der Waals surface area contributed by atoms with Crippen LogP contribution in [0.2, 0.25) is 0 Å². The molecule has 16 heavy (non-hydrogen) atoms. The van der Waals surface area contributed by atoms with Crippen LogP contribution in [0.3, 0.4) is 0 Å². The number of imidazole rings is 1. The van der Waals surface area contributed by atoms with Gasteiger partial charge in [0, 0.05) is 32.4 Å². The van der Waals surface area contributed by atoms with E-state index in [1.54, 1.807) is 24.0 Å². The smallest absolute Gasteiger partial charge is 0.111 e. The number of rotatable bonds is 4. The number of aryl methyl sites for hydroxylation is 3. The van der Waals surface area contributed by atoms with E-state index in [1.165, 1.54) is 0 Å². The van der Waals surface area contributed by atoms with Gasteiger partial charge in [-0.25, -0.2) is 4.98 Å². The van der Waals surface area contributed by atoms with Gasteiger partial charge < -0.3 is 9.67 Å². The monoisotopic (exact) mass is 221 g/mol. The molecule has 0 bridgehead atoms. The third-order valence-electron chi connectivity index (χ3n) is 2.47. The fourth-order valence-electron chi connectivity index (χ4n) is 1.47. The zero-order valence-corrected chi connectivity index (χ0v) is 9.41. The lowest BCUT2D eigenvalue weighted by atomic mass is 10.3. The minimum Gasteiger partial charge on any atom is -0.387 e. The van der Waals surface area contributed by atoms with Crippen molar-refractivity contribution >= 4 is 0 Å². The molecule has 2 rings (SSSR count). The third kappa shape index (κ3) is 2.27. The highest BCUT2D eigenvalue weighted by atomic mass is 16.3. The molecule has 1 unspecified atom stereocenters. The van der Waals surface area contributed by atoms with Crippen molar-refractivity contribution in [2.24, 2.45) is 7.05 Å². The van der Waals surface area contributed by atoms with Crippen molar-refractivity contribution in [2.45, 2.75) is 26.0 Å². The van der Waals surface area contributed by atoms with Crippen LogP contribution >= 0.6 is 0 Å². The topological polar surface area (TPSA) is 68.8 Å². The molecule has 1 atom stereocenters. The van der Waals surface area contributed by atoms with Crippen LogP contribution in [0, 0.1) is 0 Å². The van der Waals surface area contributed by atoms with E-state index in [0.29, 0.717) is 12.2 Å². The summed E-state index contributed by atoms with van der Waals surface area (Å²) in [6.45, 7) is 2.39. The zero-order chi connectivity index (χ0) is 11.5. The van der Waals surface area contributed by atoms with Gasteiger partial charge >= 0.3 is 0 Å². The van der Waals surface area contributed by atoms with Gasteiger partial charge in [-0.1, -0.05) is 5.21 Å². The molecule has 86 valence electrons. The number of hydrogen-bond acceptors (Lipinski definition) is 4. The van der Waals surface area contributed by atoms with Gasteiger partial charge in [0.2, 0.25) is 0 Å². The van der Waals surface area contributed by atoms with Crippen molar-refractivity contribution in [1.82, 2.24) is 24.5 Å². The molecule has 0 saturated carbocycles. The largest absolute Gasteiger partial charge is 0.387 e. The van der Waals surface area contributed by atoms with E-state index in [-0.39, 0.29) is 0 Å². The second kappa shape index (κ2) is 4.44. The average molecular weight is 221 g/mol. The van der Waals surface area contributed by atoms with Crippen molar-refractivity contribution in [3.05, 3.63) is 30.1 Å². The molecule has 0 saturated heterocycles. The molecule has 0 spiro atoms. The summed E-state index contributed by atoms with van der Waals surface area (Å²) in [6, 6.07) is 0. The summed E-state index contributed by atoms with van der Waals surface area (Å²) in [5, 5.41) is 17.1. The molecule has 2 aromatic rings. The zero-order valence-electron chi connectivity index (χ0n) is 9.41. The molecular weight excluding hydrogens is 206 g/mol. The lowest BCUT2D eigenvalue weighted by Gasteiger charge is -2.01. The van der Waals surface area contributed by atoms with Crippen molar-refractivity contribution in [1.29, 1.82) is 0 Å².